The van der Waals surface area contributed by atoms with Crippen molar-refractivity contribution in [3.8, 4) is 0 Å². The van der Waals surface area contributed by atoms with Gasteiger partial charge in [-0.15, -0.1) is 0 Å². The third kappa shape index (κ3) is 1.26. The van der Waals surface area contributed by atoms with Crippen LogP contribution < -0.4 is 4.90 Å². The maximum Gasteiger partial charge on any atom is 0.256 e. The van der Waals surface area contributed by atoms with E-state index < -0.39 is 0 Å². The van der Waals surface area contributed by atoms with Crippen molar-refractivity contribution >= 4 is 28.9 Å². The Bertz CT molecular complexity index is 424. The number of rotatable bonds is 1. The highest BCUT2D eigenvalue weighted by atomic mass is 32.1. The van der Waals surface area contributed by atoms with Crippen molar-refractivity contribution in [3.63, 3.8) is 0 Å². The first-order valence-electron chi connectivity index (χ1n) is 5.48. The van der Waals surface area contributed by atoms with E-state index in [1.54, 1.807) is 4.90 Å². The van der Waals surface area contributed by atoms with Gasteiger partial charge in [-0.1, -0.05) is 18.2 Å². The van der Waals surface area contributed by atoms with Gasteiger partial charge < -0.3 is 4.90 Å². The molecule has 0 aromatic heterocycles. The smallest absolute Gasteiger partial charge is 0.256 e. The van der Waals surface area contributed by atoms with Gasteiger partial charge in [0, 0.05) is 6.54 Å². The quantitative estimate of drug-likeness (QED) is 0.690. The summed E-state index contributed by atoms with van der Waals surface area (Å²) in [5.74, 6) is 0.133. The summed E-state index contributed by atoms with van der Waals surface area (Å²) in [5.41, 5.74) is 0.881. The van der Waals surface area contributed by atoms with Crippen LogP contribution >= 0.6 is 12.2 Å². The van der Waals surface area contributed by atoms with E-state index in [1.807, 2.05) is 35.2 Å². The van der Waals surface area contributed by atoms with Gasteiger partial charge in [-0.25, -0.2) is 0 Å². The van der Waals surface area contributed by atoms with Crippen molar-refractivity contribution in [2.45, 2.75) is 18.9 Å². The SMILES string of the molecule is O=C1[C@@H]2CCCN2C(=S)N1c1ccccc1. The van der Waals surface area contributed by atoms with Gasteiger partial charge >= 0.3 is 0 Å². The zero-order valence-corrected chi connectivity index (χ0v) is 9.61. The van der Waals surface area contributed by atoms with Crippen molar-refractivity contribution in [1.29, 1.82) is 0 Å². The molecular formula is C12H12N2OS. The summed E-state index contributed by atoms with van der Waals surface area (Å²) in [6.07, 6.45) is 2.00. The Kier molecular flexibility index (Phi) is 2.17. The van der Waals surface area contributed by atoms with Gasteiger partial charge in [0.25, 0.3) is 5.91 Å². The molecule has 0 saturated carbocycles. The van der Waals surface area contributed by atoms with E-state index in [-0.39, 0.29) is 11.9 Å². The zero-order chi connectivity index (χ0) is 11.1. The molecule has 1 aromatic rings. The molecule has 0 aliphatic carbocycles. The second-order valence-corrected chi connectivity index (χ2v) is 4.51. The molecule has 2 heterocycles. The molecule has 1 amide bonds. The highest BCUT2D eigenvalue weighted by Crippen LogP contribution is 2.31. The summed E-state index contributed by atoms with van der Waals surface area (Å²) in [5, 5.41) is 0.665. The minimum absolute atomic E-state index is 0.00675. The third-order valence-electron chi connectivity index (χ3n) is 3.21. The number of para-hydroxylation sites is 1. The predicted molar refractivity (Wildman–Crippen MR) is 66.3 cm³/mol. The first-order valence-corrected chi connectivity index (χ1v) is 5.89. The van der Waals surface area contributed by atoms with Crippen molar-refractivity contribution in [2.75, 3.05) is 11.4 Å². The maximum atomic E-state index is 12.2. The van der Waals surface area contributed by atoms with E-state index in [1.165, 1.54) is 0 Å². The predicted octanol–water partition coefficient (Wildman–Crippen LogP) is 1.78. The van der Waals surface area contributed by atoms with Gasteiger partial charge in [0.15, 0.2) is 5.11 Å². The molecule has 3 rings (SSSR count). The van der Waals surface area contributed by atoms with Crippen LogP contribution in [0.2, 0.25) is 0 Å². The molecule has 2 fully saturated rings. The topological polar surface area (TPSA) is 23.6 Å². The molecule has 2 aliphatic heterocycles. The third-order valence-corrected chi connectivity index (χ3v) is 3.63. The van der Waals surface area contributed by atoms with E-state index in [9.17, 15) is 4.79 Å². The Balaban J connectivity index is 1.98. The van der Waals surface area contributed by atoms with Crippen molar-refractivity contribution in [1.82, 2.24) is 4.90 Å². The molecule has 3 nitrogen and oxygen atoms in total. The highest BCUT2D eigenvalue weighted by Gasteiger charge is 2.45. The Labute approximate surface area is 99.6 Å². The van der Waals surface area contributed by atoms with Crippen LogP contribution in [-0.2, 0) is 4.79 Å². The van der Waals surface area contributed by atoms with Gasteiger partial charge in [-0.05, 0) is 37.2 Å². The standard InChI is InChI=1S/C12H12N2OS/c15-11-10-7-4-8-13(10)12(16)14(11)9-5-2-1-3-6-9/h1-3,5-6,10H,4,7-8H2/t10-/m0/s1. The van der Waals surface area contributed by atoms with Crippen LogP contribution in [0.1, 0.15) is 12.8 Å². The number of anilines is 1. The van der Waals surface area contributed by atoms with Crippen LogP contribution in [0.3, 0.4) is 0 Å². The van der Waals surface area contributed by atoms with Crippen LogP contribution in [0.5, 0.6) is 0 Å². The number of carbonyl (C=O) groups excluding carboxylic acids is 1. The fourth-order valence-corrected chi connectivity index (χ4v) is 2.85. The van der Waals surface area contributed by atoms with Crippen molar-refractivity contribution in [2.24, 2.45) is 0 Å². The van der Waals surface area contributed by atoms with Crippen LogP contribution in [0, 0.1) is 0 Å². The number of benzene rings is 1. The number of fused-ring (bicyclic) bond motifs is 1. The lowest BCUT2D eigenvalue weighted by atomic mass is 10.2. The summed E-state index contributed by atoms with van der Waals surface area (Å²) in [6, 6.07) is 9.63. The molecule has 0 N–H and O–H groups in total. The highest BCUT2D eigenvalue weighted by molar-refractivity contribution is 7.80. The lowest BCUT2D eigenvalue weighted by Gasteiger charge is -2.18. The molecule has 0 spiro atoms. The molecule has 1 aromatic carbocycles. The summed E-state index contributed by atoms with van der Waals surface area (Å²) in [4.78, 5) is 15.9. The number of hydrogen-bond acceptors (Lipinski definition) is 2. The van der Waals surface area contributed by atoms with Gasteiger partial charge in [-0.3, -0.25) is 9.69 Å². The van der Waals surface area contributed by atoms with E-state index in [0.717, 1.165) is 25.1 Å². The summed E-state index contributed by atoms with van der Waals surface area (Å²) in [6.45, 7) is 0.915. The summed E-state index contributed by atoms with van der Waals surface area (Å²) >= 11 is 5.37. The fourth-order valence-electron chi connectivity index (χ4n) is 2.44. The minimum Gasteiger partial charge on any atom is -0.336 e. The van der Waals surface area contributed by atoms with Crippen LogP contribution in [0.25, 0.3) is 0 Å². The molecule has 4 heteroatoms. The molecule has 0 bridgehead atoms. The molecular weight excluding hydrogens is 220 g/mol. The Morgan fingerprint density at radius 2 is 2.00 bits per heavy atom. The summed E-state index contributed by atoms with van der Waals surface area (Å²) in [7, 11) is 0. The lowest BCUT2D eigenvalue weighted by Crippen LogP contribution is -2.32. The molecule has 2 aliphatic rings. The fraction of sp³-hybridized carbons (Fsp3) is 0.333. The van der Waals surface area contributed by atoms with Crippen molar-refractivity contribution in [3.05, 3.63) is 30.3 Å². The average Bonchev–Trinajstić information content (AvgIpc) is 2.86. The van der Waals surface area contributed by atoms with E-state index in [2.05, 4.69) is 0 Å². The molecule has 1 atom stereocenters. The van der Waals surface area contributed by atoms with E-state index >= 15 is 0 Å². The summed E-state index contributed by atoms with van der Waals surface area (Å²) < 4.78 is 0. The Hall–Kier alpha value is -1.42. The van der Waals surface area contributed by atoms with Gasteiger partial charge in [-0.2, -0.15) is 0 Å². The lowest BCUT2D eigenvalue weighted by molar-refractivity contribution is -0.119. The van der Waals surface area contributed by atoms with Gasteiger partial charge in [0.1, 0.15) is 6.04 Å². The molecule has 0 unspecified atom stereocenters. The zero-order valence-electron chi connectivity index (χ0n) is 8.80. The molecule has 2 saturated heterocycles. The van der Waals surface area contributed by atoms with Gasteiger partial charge in [0.2, 0.25) is 0 Å². The minimum atomic E-state index is -0.00675. The second-order valence-electron chi connectivity index (χ2n) is 4.14. The van der Waals surface area contributed by atoms with E-state index in [4.69, 9.17) is 12.2 Å². The van der Waals surface area contributed by atoms with Gasteiger partial charge in [0.05, 0.1) is 5.69 Å². The van der Waals surface area contributed by atoms with E-state index in [0.29, 0.717) is 5.11 Å². The average molecular weight is 232 g/mol. The first-order chi connectivity index (χ1) is 7.79. The molecule has 0 radical (unpaired) electrons. The molecule has 82 valence electrons. The van der Waals surface area contributed by atoms with Crippen LogP contribution in [0.4, 0.5) is 5.69 Å². The van der Waals surface area contributed by atoms with Crippen LogP contribution in [0.15, 0.2) is 30.3 Å². The number of thiocarbonyl (C=S) groups is 1. The van der Waals surface area contributed by atoms with Crippen LogP contribution in [-0.4, -0.2) is 28.5 Å². The number of amides is 1. The number of carbonyl (C=O) groups is 1. The first kappa shape index (κ1) is 9.78. The second kappa shape index (κ2) is 3.56. The Morgan fingerprint density at radius 3 is 2.69 bits per heavy atom. The number of nitrogens with zero attached hydrogens (tertiary/aromatic N) is 2. The normalized spacial score (nSPS) is 24.1. The number of hydrogen-bond donors (Lipinski definition) is 0. The van der Waals surface area contributed by atoms with Crippen molar-refractivity contribution < 1.29 is 4.79 Å². The maximum absolute atomic E-state index is 12.2. The Morgan fingerprint density at radius 1 is 1.25 bits per heavy atom. The monoisotopic (exact) mass is 232 g/mol. The molecule has 16 heavy (non-hydrogen) atoms. The largest absolute Gasteiger partial charge is 0.336 e.